The minimum absolute atomic E-state index is 0.00406. The lowest BCUT2D eigenvalue weighted by molar-refractivity contribution is -0.0707. The van der Waals surface area contributed by atoms with E-state index < -0.39 is 48.6 Å². The van der Waals surface area contributed by atoms with Crippen LogP contribution < -0.4 is 5.56 Å². The molecule has 0 radical (unpaired) electrons. The molecule has 1 aliphatic rings. The van der Waals surface area contributed by atoms with Crippen LogP contribution in [0.25, 0.3) is 11.2 Å². The molecule has 190 valence electrons. The van der Waals surface area contributed by atoms with Gasteiger partial charge in [0.05, 0.1) is 11.7 Å². The second kappa shape index (κ2) is 9.47. The quantitative estimate of drug-likeness (QED) is 0.253. The number of nitrogens with one attached hydrogen (secondary N) is 1. The average molecular weight is 519 g/mol. The van der Waals surface area contributed by atoms with E-state index in [-0.39, 0.29) is 35.4 Å². The first-order valence-electron chi connectivity index (χ1n) is 10.9. The van der Waals surface area contributed by atoms with E-state index in [1.54, 1.807) is 20.8 Å². The highest BCUT2D eigenvalue weighted by Gasteiger charge is 2.50. The van der Waals surface area contributed by atoms with E-state index in [1.807, 2.05) is 0 Å². The fourth-order valence-electron chi connectivity index (χ4n) is 3.64. The van der Waals surface area contributed by atoms with Gasteiger partial charge in [0.2, 0.25) is 4.77 Å². The number of rotatable bonds is 8. The Hall–Kier alpha value is -1.57. The molecule has 0 bridgehead atoms. The third kappa shape index (κ3) is 5.02. The van der Waals surface area contributed by atoms with Crippen molar-refractivity contribution >= 4 is 31.0 Å². The van der Waals surface area contributed by atoms with Gasteiger partial charge >= 0.3 is 7.60 Å². The third-order valence-electron chi connectivity index (χ3n) is 6.40. The minimum atomic E-state index is -4.46. The van der Waals surface area contributed by atoms with Gasteiger partial charge in [-0.25, -0.2) is 4.98 Å². The molecule has 0 aromatic carbocycles. The van der Waals surface area contributed by atoms with Gasteiger partial charge in [-0.1, -0.05) is 13.8 Å². The number of hydrogen-bond acceptors (Lipinski definition) is 10. The Balaban J connectivity index is 1.89. The van der Waals surface area contributed by atoms with Gasteiger partial charge in [0, 0.05) is 12.6 Å². The number of H-pyrrole nitrogens is 1. The van der Waals surface area contributed by atoms with Crippen LogP contribution in [0.5, 0.6) is 0 Å². The van der Waals surface area contributed by atoms with Crippen LogP contribution in [0.15, 0.2) is 11.0 Å². The van der Waals surface area contributed by atoms with Gasteiger partial charge in [-0.15, -0.1) is 0 Å². The predicted octanol–water partition coefficient (Wildman–Crippen LogP) is 1.66. The molecular weight excluding hydrogens is 487 g/mol. The van der Waals surface area contributed by atoms with Crippen molar-refractivity contribution in [2.75, 3.05) is 0 Å². The van der Waals surface area contributed by atoms with E-state index in [2.05, 4.69) is 15.0 Å². The summed E-state index contributed by atoms with van der Waals surface area (Å²) in [4.78, 5) is 33.1. The second-order valence-corrected chi connectivity index (χ2v) is 11.6. The lowest BCUT2D eigenvalue weighted by Crippen LogP contribution is -2.40. The van der Waals surface area contributed by atoms with E-state index in [4.69, 9.17) is 21.5 Å². The highest BCUT2D eigenvalue weighted by atomic mass is 32.1. The molecule has 2 aromatic rings. The monoisotopic (exact) mass is 518 g/mol. The van der Waals surface area contributed by atoms with Gasteiger partial charge < -0.3 is 34.5 Å². The van der Waals surface area contributed by atoms with E-state index in [0.29, 0.717) is 5.52 Å². The number of aromatic amines is 1. The van der Waals surface area contributed by atoms with Crippen LogP contribution >= 0.6 is 19.8 Å². The molecule has 12 nitrogen and oxygen atoms in total. The summed E-state index contributed by atoms with van der Waals surface area (Å²) in [6.45, 7) is 7.62. The largest absolute Gasteiger partial charge is 0.388 e. The van der Waals surface area contributed by atoms with Gasteiger partial charge in [0.25, 0.3) is 5.56 Å². The molecule has 14 heteroatoms. The maximum absolute atomic E-state index is 12.7. The Bertz CT molecular complexity index is 1230. The summed E-state index contributed by atoms with van der Waals surface area (Å²) in [6.07, 6.45) is -3.21. The van der Waals surface area contributed by atoms with Crippen LogP contribution in [0.2, 0.25) is 0 Å². The number of aliphatic hydroxyl groups is 3. The number of ether oxygens (including phenoxy) is 1. The number of aromatic nitrogens is 4. The number of hydrogen-bond donors (Lipinski definition) is 5. The molecule has 34 heavy (non-hydrogen) atoms. The van der Waals surface area contributed by atoms with Crippen molar-refractivity contribution in [1.82, 2.24) is 19.5 Å². The van der Waals surface area contributed by atoms with Crippen molar-refractivity contribution in [3.05, 3.63) is 27.0 Å². The fourth-order valence-corrected chi connectivity index (χ4v) is 5.29. The van der Waals surface area contributed by atoms with Crippen LogP contribution in [-0.2, 0) is 13.8 Å². The van der Waals surface area contributed by atoms with Crippen molar-refractivity contribution in [1.29, 1.82) is 0 Å². The molecule has 3 rings (SSSR count). The highest BCUT2D eigenvalue weighted by Crippen LogP contribution is 2.59. The first-order valence-corrected chi connectivity index (χ1v) is 12.9. The molecule has 1 saturated heterocycles. The topological polar surface area (TPSA) is 180 Å². The molecule has 0 aliphatic carbocycles. The zero-order valence-electron chi connectivity index (χ0n) is 19.6. The van der Waals surface area contributed by atoms with Gasteiger partial charge in [-0.05, 0) is 45.8 Å². The summed E-state index contributed by atoms with van der Waals surface area (Å²) in [7, 11) is -4.46. The zero-order chi connectivity index (χ0) is 25.6. The Morgan fingerprint density at radius 1 is 1.26 bits per heavy atom. The molecular formula is C20H31N4O8PS. The standard InChI is InChI=1S/C20H31N4O8PS/c1-6-19(4,32-33(29,30)20(5,28)7-2)8-12-13(25)14(26)17(31-12)24-9-11-15(23-18(24)34)22-16(27)10(3)21-11/h9,12-14,17,25-26,28H,6-8H2,1-5H3,(H,29,30)(H,22,23,27,34)/t12-,13?,14+,17-,19?,20?/m1/s1. The van der Waals surface area contributed by atoms with Crippen LogP contribution in [0.1, 0.15) is 58.9 Å². The minimum Gasteiger partial charge on any atom is -0.388 e. The first kappa shape index (κ1) is 27.0. The van der Waals surface area contributed by atoms with Gasteiger partial charge in [-0.2, -0.15) is 4.98 Å². The normalized spacial score (nSPS) is 28.4. The Labute approximate surface area is 201 Å². The Morgan fingerprint density at radius 2 is 1.91 bits per heavy atom. The molecule has 2 aromatic heterocycles. The highest BCUT2D eigenvalue weighted by molar-refractivity contribution is 7.71. The lowest BCUT2D eigenvalue weighted by Gasteiger charge is -2.37. The van der Waals surface area contributed by atoms with Gasteiger partial charge in [0.1, 0.15) is 23.4 Å². The maximum atomic E-state index is 12.7. The Morgan fingerprint density at radius 3 is 2.50 bits per heavy atom. The van der Waals surface area contributed by atoms with Crippen LogP contribution in [-0.4, -0.2) is 69.0 Å². The summed E-state index contributed by atoms with van der Waals surface area (Å²) in [5, 5.41) is 29.8. The Kier molecular flexibility index (Phi) is 7.53. The summed E-state index contributed by atoms with van der Waals surface area (Å²) in [5.74, 6) is 0. The average Bonchev–Trinajstić information content (AvgIpc) is 3.02. The molecule has 1 fully saturated rings. The number of nitrogens with zero attached hydrogens (tertiary/aromatic N) is 3. The van der Waals surface area contributed by atoms with E-state index in [1.165, 1.54) is 24.6 Å². The SMILES string of the molecule is CCC(C)(C[C@H]1O[C@@H](n2cc3nc(C)c(=O)[nH]c3nc2=S)[C@@H](O)C1O)OP(=O)(O)C(C)(O)CC. The molecule has 3 heterocycles. The van der Waals surface area contributed by atoms with E-state index in [9.17, 15) is 29.6 Å². The molecule has 0 spiro atoms. The van der Waals surface area contributed by atoms with Crippen molar-refractivity contribution in [2.45, 2.75) is 89.4 Å². The van der Waals surface area contributed by atoms with Crippen molar-refractivity contribution in [3.63, 3.8) is 0 Å². The first-order chi connectivity index (χ1) is 15.6. The molecule has 0 saturated carbocycles. The second-order valence-electron chi connectivity index (χ2n) is 9.05. The number of aryl methyl sites for hydroxylation is 1. The van der Waals surface area contributed by atoms with E-state index in [0.717, 1.165) is 0 Å². The van der Waals surface area contributed by atoms with Gasteiger partial charge in [0.15, 0.2) is 17.2 Å². The molecule has 0 amide bonds. The third-order valence-corrected chi connectivity index (χ3v) is 8.92. The summed E-state index contributed by atoms with van der Waals surface area (Å²) in [5.41, 5.74) is -0.956. The van der Waals surface area contributed by atoms with Crippen molar-refractivity contribution in [2.24, 2.45) is 0 Å². The van der Waals surface area contributed by atoms with E-state index >= 15 is 0 Å². The summed E-state index contributed by atoms with van der Waals surface area (Å²) < 4.78 is 25.5. The zero-order valence-corrected chi connectivity index (χ0v) is 21.3. The van der Waals surface area contributed by atoms with Gasteiger partial charge in [-0.3, -0.25) is 13.9 Å². The molecule has 1 aliphatic heterocycles. The molecule has 7 atom stereocenters. The summed E-state index contributed by atoms with van der Waals surface area (Å²) in [6, 6.07) is 0. The van der Waals surface area contributed by atoms with Crippen molar-refractivity contribution < 1.29 is 34.0 Å². The number of aliphatic hydroxyl groups excluding tert-OH is 2. The van der Waals surface area contributed by atoms with Crippen LogP contribution in [0, 0.1) is 11.7 Å². The molecule has 5 N–H and O–H groups in total. The predicted molar refractivity (Wildman–Crippen MR) is 125 cm³/mol. The smallest absolute Gasteiger partial charge is 0.359 e. The number of fused-ring (bicyclic) bond motifs is 1. The summed E-state index contributed by atoms with van der Waals surface area (Å²) >= 11 is 5.29. The van der Waals surface area contributed by atoms with Crippen LogP contribution in [0.4, 0.5) is 0 Å². The van der Waals surface area contributed by atoms with Crippen LogP contribution in [0.3, 0.4) is 0 Å². The maximum Gasteiger partial charge on any atom is 0.359 e. The molecule has 4 unspecified atom stereocenters. The lowest BCUT2D eigenvalue weighted by atomic mass is 9.93. The van der Waals surface area contributed by atoms with Crippen molar-refractivity contribution in [3.8, 4) is 0 Å². The fraction of sp³-hybridized carbons (Fsp3) is 0.700.